The van der Waals surface area contributed by atoms with Gasteiger partial charge in [-0.1, -0.05) is 13.8 Å². The molecule has 0 aromatic carbocycles. The van der Waals surface area contributed by atoms with Crippen molar-refractivity contribution in [3.8, 4) is 0 Å². The molecule has 1 rings (SSSR count). The van der Waals surface area contributed by atoms with Crippen LogP contribution in [0.3, 0.4) is 0 Å². The first-order valence-corrected chi connectivity index (χ1v) is 5.71. The molecule has 0 fully saturated rings. The van der Waals surface area contributed by atoms with Crippen molar-refractivity contribution in [1.29, 1.82) is 0 Å². The summed E-state index contributed by atoms with van der Waals surface area (Å²) < 4.78 is 5.23. The molecular weight excluding hydrogens is 206 g/mol. The van der Waals surface area contributed by atoms with Gasteiger partial charge in [0, 0.05) is 0 Å². The van der Waals surface area contributed by atoms with Crippen molar-refractivity contribution in [2.75, 3.05) is 13.1 Å². The maximum Gasteiger partial charge on any atom is 0.371 e. The zero-order valence-electron chi connectivity index (χ0n) is 9.90. The lowest BCUT2D eigenvalue weighted by atomic mass is 10.3. The van der Waals surface area contributed by atoms with Gasteiger partial charge in [0.05, 0.1) is 6.54 Å². The van der Waals surface area contributed by atoms with Crippen LogP contribution in [0.5, 0.6) is 0 Å². The Morgan fingerprint density at radius 3 is 2.38 bits per heavy atom. The molecule has 0 aliphatic heterocycles. The minimum Gasteiger partial charge on any atom is -0.475 e. The van der Waals surface area contributed by atoms with Crippen LogP contribution in [0.4, 0.5) is 0 Å². The normalized spacial score (nSPS) is 10.9. The molecule has 0 aliphatic carbocycles. The van der Waals surface area contributed by atoms with Gasteiger partial charge in [0.15, 0.2) is 0 Å². The second-order valence-electron chi connectivity index (χ2n) is 3.85. The predicted molar refractivity (Wildman–Crippen MR) is 61.5 cm³/mol. The number of nitrogens with zero attached hydrogens (tertiary/aromatic N) is 1. The first-order chi connectivity index (χ1) is 7.67. The summed E-state index contributed by atoms with van der Waals surface area (Å²) in [5.74, 6) is -0.272. The molecule has 16 heavy (non-hydrogen) atoms. The van der Waals surface area contributed by atoms with E-state index in [1.165, 1.54) is 6.07 Å². The quantitative estimate of drug-likeness (QED) is 0.775. The minimum absolute atomic E-state index is 0.0166. The molecule has 0 unspecified atom stereocenters. The Hall–Kier alpha value is -1.29. The first-order valence-electron chi connectivity index (χ1n) is 5.71. The zero-order valence-corrected chi connectivity index (χ0v) is 9.90. The lowest BCUT2D eigenvalue weighted by Gasteiger charge is -2.19. The van der Waals surface area contributed by atoms with E-state index in [1.54, 1.807) is 6.07 Å². The van der Waals surface area contributed by atoms with Gasteiger partial charge in [0.25, 0.3) is 0 Å². The SMILES string of the molecule is CCCN(CCC)Cc1ccc(C(=O)O)o1. The van der Waals surface area contributed by atoms with E-state index < -0.39 is 5.97 Å². The van der Waals surface area contributed by atoms with Gasteiger partial charge in [-0.25, -0.2) is 4.79 Å². The number of carboxylic acid groups (broad SMARTS) is 1. The highest BCUT2D eigenvalue weighted by molar-refractivity contribution is 5.84. The second kappa shape index (κ2) is 6.33. The van der Waals surface area contributed by atoms with Crippen LogP contribution in [0.15, 0.2) is 16.5 Å². The average Bonchev–Trinajstić information content (AvgIpc) is 2.67. The van der Waals surface area contributed by atoms with E-state index in [1.807, 2.05) is 0 Å². The average molecular weight is 225 g/mol. The third-order valence-electron chi connectivity index (χ3n) is 2.33. The Balaban J connectivity index is 2.58. The van der Waals surface area contributed by atoms with Gasteiger partial charge in [0.1, 0.15) is 5.76 Å². The number of carboxylic acids is 1. The van der Waals surface area contributed by atoms with E-state index in [4.69, 9.17) is 9.52 Å². The van der Waals surface area contributed by atoms with Gasteiger partial charge >= 0.3 is 5.97 Å². The summed E-state index contributed by atoms with van der Waals surface area (Å²) >= 11 is 0. The van der Waals surface area contributed by atoms with Gasteiger partial charge in [0.2, 0.25) is 5.76 Å². The van der Waals surface area contributed by atoms with Gasteiger partial charge < -0.3 is 9.52 Å². The first kappa shape index (κ1) is 12.8. The summed E-state index contributed by atoms with van der Waals surface area (Å²) in [6.45, 7) is 6.98. The van der Waals surface area contributed by atoms with E-state index in [2.05, 4.69) is 18.7 Å². The van der Waals surface area contributed by atoms with E-state index in [0.717, 1.165) is 31.7 Å². The third kappa shape index (κ3) is 3.70. The molecule has 0 atom stereocenters. The molecule has 0 radical (unpaired) electrons. The van der Waals surface area contributed by atoms with Crippen molar-refractivity contribution in [2.24, 2.45) is 0 Å². The number of furan rings is 1. The van der Waals surface area contributed by atoms with Crippen molar-refractivity contribution in [3.63, 3.8) is 0 Å². The number of hydrogen-bond donors (Lipinski definition) is 1. The predicted octanol–water partition coefficient (Wildman–Crippen LogP) is 2.60. The van der Waals surface area contributed by atoms with E-state index in [0.29, 0.717) is 6.54 Å². The van der Waals surface area contributed by atoms with E-state index in [9.17, 15) is 4.79 Å². The Morgan fingerprint density at radius 1 is 1.31 bits per heavy atom. The maximum absolute atomic E-state index is 10.6. The molecule has 90 valence electrons. The lowest BCUT2D eigenvalue weighted by Crippen LogP contribution is -2.24. The number of rotatable bonds is 7. The monoisotopic (exact) mass is 225 g/mol. The molecule has 1 aromatic rings. The van der Waals surface area contributed by atoms with Crippen LogP contribution in [0.2, 0.25) is 0 Å². The lowest BCUT2D eigenvalue weighted by molar-refractivity contribution is 0.0658. The summed E-state index contributed by atoms with van der Waals surface area (Å²) in [5, 5.41) is 8.73. The summed E-state index contributed by atoms with van der Waals surface area (Å²) in [7, 11) is 0. The Kier molecular flexibility index (Phi) is 5.05. The Labute approximate surface area is 95.9 Å². The fraction of sp³-hybridized carbons (Fsp3) is 0.583. The van der Waals surface area contributed by atoms with Gasteiger partial charge in [-0.05, 0) is 38.1 Å². The second-order valence-corrected chi connectivity index (χ2v) is 3.85. The van der Waals surface area contributed by atoms with Crippen LogP contribution in [0.1, 0.15) is 43.0 Å². The highest BCUT2D eigenvalue weighted by atomic mass is 16.4. The molecule has 0 saturated heterocycles. The van der Waals surface area contributed by atoms with Gasteiger partial charge in [-0.3, -0.25) is 4.90 Å². The van der Waals surface area contributed by atoms with Crippen molar-refractivity contribution in [1.82, 2.24) is 4.90 Å². The zero-order chi connectivity index (χ0) is 12.0. The van der Waals surface area contributed by atoms with Crippen molar-refractivity contribution in [3.05, 3.63) is 23.7 Å². The number of aromatic carboxylic acids is 1. The highest BCUT2D eigenvalue weighted by Crippen LogP contribution is 2.11. The summed E-state index contributed by atoms with van der Waals surface area (Å²) in [5.41, 5.74) is 0. The fourth-order valence-corrected chi connectivity index (χ4v) is 1.70. The van der Waals surface area contributed by atoms with Crippen LogP contribution in [0.25, 0.3) is 0 Å². The Bertz CT molecular complexity index is 327. The molecule has 4 nitrogen and oxygen atoms in total. The maximum atomic E-state index is 10.6. The highest BCUT2D eigenvalue weighted by Gasteiger charge is 2.11. The van der Waals surface area contributed by atoms with Crippen LogP contribution >= 0.6 is 0 Å². The molecule has 0 bridgehead atoms. The Morgan fingerprint density at radius 2 is 1.94 bits per heavy atom. The molecule has 1 aromatic heterocycles. The third-order valence-corrected chi connectivity index (χ3v) is 2.33. The minimum atomic E-state index is -1.01. The van der Waals surface area contributed by atoms with Gasteiger partial charge in [-0.2, -0.15) is 0 Å². The molecule has 4 heteroatoms. The van der Waals surface area contributed by atoms with Gasteiger partial charge in [-0.15, -0.1) is 0 Å². The fourth-order valence-electron chi connectivity index (χ4n) is 1.70. The van der Waals surface area contributed by atoms with E-state index in [-0.39, 0.29) is 5.76 Å². The molecule has 0 amide bonds. The molecule has 0 spiro atoms. The largest absolute Gasteiger partial charge is 0.475 e. The standard InChI is InChI=1S/C12H19NO3/c1-3-7-13(8-4-2)9-10-5-6-11(16-10)12(14)15/h5-6H,3-4,7-9H2,1-2H3,(H,14,15). The smallest absolute Gasteiger partial charge is 0.371 e. The number of hydrogen-bond acceptors (Lipinski definition) is 3. The van der Waals surface area contributed by atoms with Crippen LogP contribution < -0.4 is 0 Å². The number of carbonyl (C=O) groups is 1. The summed E-state index contributed by atoms with van der Waals surface area (Å²) in [6, 6.07) is 3.25. The van der Waals surface area contributed by atoms with Crippen LogP contribution in [-0.4, -0.2) is 29.1 Å². The topological polar surface area (TPSA) is 53.7 Å². The summed E-state index contributed by atoms with van der Waals surface area (Å²) in [4.78, 5) is 12.9. The molecule has 1 N–H and O–H groups in total. The van der Waals surface area contributed by atoms with E-state index >= 15 is 0 Å². The van der Waals surface area contributed by atoms with Crippen LogP contribution in [0, 0.1) is 0 Å². The molecule has 0 saturated carbocycles. The van der Waals surface area contributed by atoms with Crippen molar-refractivity contribution < 1.29 is 14.3 Å². The molecule has 1 heterocycles. The van der Waals surface area contributed by atoms with Crippen molar-refractivity contribution >= 4 is 5.97 Å². The van der Waals surface area contributed by atoms with Crippen molar-refractivity contribution in [2.45, 2.75) is 33.2 Å². The molecular formula is C12H19NO3. The molecule has 0 aliphatic rings. The summed E-state index contributed by atoms with van der Waals surface area (Å²) in [6.07, 6.45) is 2.18. The van der Waals surface area contributed by atoms with Crippen LogP contribution in [-0.2, 0) is 6.54 Å².